The lowest BCUT2D eigenvalue weighted by molar-refractivity contribution is -0.384. The minimum Gasteiger partial charge on any atom is -0.478 e. The van der Waals surface area contributed by atoms with E-state index in [9.17, 15) is 14.9 Å². The Morgan fingerprint density at radius 1 is 1.24 bits per heavy atom. The maximum atomic E-state index is 10.7. The first-order chi connectivity index (χ1) is 10.0. The number of carboxylic acid groups (broad SMARTS) is 1. The van der Waals surface area contributed by atoms with Crippen LogP contribution < -0.4 is 5.32 Å². The second kappa shape index (κ2) is 5.71. The predicted octanol–water partition coefficient (Wildman–Crippen LogP) is 2.91. The molecule has 0 atom stereocenters. The highest BCUT2D eigenvalue weighted by Gasteiger charge is 2.11. The number of anilines is 2. The van der Waals surface area contributed by atoms with Gasteiger partial charge < -0.3 is 10.4 Å². The van der Waals surface area contributed by atoms with Crippen LogP contribution in [0.1, 0.15) is 15.9 Å². The van der Waals surface area contributed by atoms with Gasteiger partial charge in [0.25, 0.3) is 5.69 Å². The molecule has 2 N–H and O–H groups in total. The van der Waals surface area contributed by atoms with Crippen LogP contribution in [0.3, 0.4) is 0 Å². The van der Waals surface area contributed by atoms with E-state index in [0.717, 1.165) is 0 Å². The van der Waals surface area contributed by atoms with E-state index >= 15 is 0 Å². The largest absolute Gasteiger partial charge is 0.478 e. The van der Waals surface area contributed by atoms with E-state index in [2.05, 4.69) is 5.32 Å². The first-order valence-corrected chi connectivity index (χ1v) is 5.80. The number of nitrogens with zero attached hydrogens (tertiary/aromatic N) is 2. The number of carbonyl (C=O) groups is 1. The van der Waals surface area contributed by atoms with Crippen LogP contribution in [0.4, 0.5) is 17.1 Å². The van der Waals surface area contributed by atoms with Gasteiger partial charge in [0, 0.05) is 17.8 Å². The summed E-state index contributed by atoms with van der Waals surface area (Å²) in [6.45, 7) is 0. The zero-order chi connectivity index (χ0) is 15.4. The third-order valence-corrected chi connectivity index (χ3v) is 2.75. The number of carboxylic acids is 1. The van der Waals surface area contributed by atoms with Crippen molar-refractivity contribution in [3.8, 4) is 6.07 Å². The van der Waals surface area contributed by atoms with Gasteiger partial charge in [0.05, 0.1) is 21.7 Å². The Hall–Kier alpha value is -3.40. The predicted molar refractivity (Wildman–Crippen MR) is 74.5 cm³/mol. The van der Waals surface area contributed by atoms with Gasteiger partial charge >= 0.3 is 5.97 Å². The second-order valence-corrected chi connectivity index (χ2v) is 4.11. The van der Waals surface area contributed by atoms with Crippen LogP contribution in [-0.4, -0.2) is 16.0 Å². The molecule has 0 heterocycles. The molecule has 0 unspecified atom stereocenters. The fraction of sp³-hybridized carbons (Fsp3) is 0. The van der Waals surface area contributed by atoms with Crippen molar-refractivity contribution < 1.29 is 14.8 Å². The first kappa shape index (κ1) is 14.0. The van der Waals surface area contributed by atoms with E-state index < -0.39 is 10.9 Å². The van der Waals surface area contributed by atoms with Gasteiger partial charge in [-0.05, 0) is 30.3 Å². The van der Waals surface area contributed by atoms with Crippen LogP contribution in [0.2, 0.25) is 0 Å². The summed E-state index contributed by atoms with van der Waals surface area (Å²) in [5.74, 6) is -1.03. The van der Waals surface area contributed by atoms with Crippen LogP contribution in [0.5, 0.6) is 0 Å². The van der Waals surface area contributed by atoms with Gasteiger partial charge in [0.15, 0.2) is 0 Å². The number of non-ortho nitro benzene ring substituents is 1. The highest BCUT2D eigenvalue weighted by molar-refractivity contribution is 5.88. The number of rotatable bonds is 4. The molecule has 0 spiro atoms. The summed E-state index contributed by atoms with van der Waals surface area (Å²) in [7, 11) is 0. The summed E-state index contributed by atoms with van der Waals surface area (Å²) in [6, 6.07) is 11.7. The Kier molecular flexibility index (Phi) is 3.81. The smallest absolute Gasteiger partial charge is 0.335 e. The molecule has 0 saturated heterocycles. The number of nitro benzene ring substituents is 1. The van der Waals surface area contributed by atoms with Gasteiger partial charge in [0.1, 0.15) is 6.07 Å². The molecule has 0 aliphatic rings. The SMILES string of the molecule is N#Cc1cc([N+](=O)[O-])ccc1Nc1ccc(C(=O)O)cc1. The zero-order valence-electron chi connectivity index (χ0n) is 10.6. The maximum absolute atomic E-state index is 10.7. The monoisotopic (exact) mass is 283 g/mol. The number of hydrogen-bond donors (Lipinski definition) is 2. The highest BCUT2D eigenvalue weighted by Crippen LogP contribution is 2.24. The molecule has 7 heteroatoms. The summed E-state index contributed by atoms with van der Waals surface area (Å²) in [5.41, 5.74) is 1.09. The Morgan fingerprint density at radius 3 is 2.43 bits per heavy atom. The molecule has 0 bridgehead atoms. The fourth-order valence-corrected chi connectivity index (χ4v) is 1.70. The number of nitrogens with one attached hydrogen (secondary N) is 1. The van der Waals surface area contributed by atoms with Crippen LogP contribution >= 0.6 is 0 Å². The van der Waals surface area contributed by atoms with Gasteiger partial charge in [0.2, 0.25) is 0 Å². The average Bonchev–Trinajstić information content (AvgIpc) is 2.48. The topological polar surface area (TPSA) is 116 Å². The minimum absolute atomic E-state index is 0.131. The standard InChI is InChI=1S/C14H9N3O4/c15-8-10-7-12(17(20)21)5-6-13(10)16-11-3-1-9(2-4-11)14(18)19/h1-7,16H,(H,18,19). The lowest BCUT2D eigenvalue weighted by atomic mass is 10.1. The molecule has 0 radical (unpaired) electrons. The minimum atomic E-state index is -1.03. The third-order valence-electron chi connectivity index (χ3n) is 2.75. The third kappa shape index (κ3) is 3.13. The summed E-state index contributed by atoms with van der Waals surface area (Å²) in [5, 5.41) is 31.4. The van der Waals surface area contributed by atoms with E-state index in [4.69, 9.17) is 10.4 Å². The molecule has 2 aromatic carbocycles. The number of benzene rings is 2. The molecule has 0 aromatic heterocycles. The highest BCUT2D eigenvalue weighted by atomic mass is 16.6. The van der Waals surface area contributed by atoms with Crippen molar-refractivity contribution in [2.75, 3.05) is 5.32 Å². The van der Waals surface area contributed by atoms with Crippen LogP contribution in [0, 0.1) is 21.4 Å². The number of nitriles is 1. The van der Waals surface area contributed by atoms with Crippen LogP contribution in [0.15, 0.2) is 42.5 Å². The second-order valence-electron chi connectivity index (χ2n) is 4.11. The molecule has 0 fully saturated rings. The number of nitro groups is 1. The Labute approximate surface area is 119 Å². The van der Waals surface area contributed by atoms with Crippen molar-refractivity contribution in [2.24, 2.45) is 0 Å². The van der Waals surface area contributed by atoms with Gasteiger partial charge in [-0.15, -0.1) is 0 Å². The Morgan fingerprint density at radius 2 is 1.90 bits per heavy atom. The molecule has 104 valence electrons. The van der Waals surface area contributed by atoms with E-state index in [0.29, 0.717) is 11.4 Å². The fourth-order valence-electron chi connectivity index (χ4n) is 1.70. The van der Waals surface area contributed by atoms with E-state index in [1.165, 1.54) is 30.3 Å². The molecule has 2 aromatic rings. The molecule has 0 saturated carbocycles. The molecule has 7 nitrogen and oxygen atoms in total. The molecule has 0 aliphatic heterocycles. The van der Waals surface area contributed by atoms with Crippen molar-refractivity contribution in [1.29, 1.82) is 5.26 Å². The summed E-state index contributed by atoms with van der Waals surface area (Å²) < 4.78 is 0. The quantitative estimate of drug-likeness (QED) is 0.658. The maximum Gasteiger partial charge on any atom is 0.335 e. The summed E-state index contributed by atoms with van der Waals surface area (Å²) >= 11 is 0. The van der Waals surface area contributed by atoms with Crippen molar-refractivity contribution in [3.05, 3.63) is 63.7 Å². The number of aromatic carboxylic acids is 1. The zero-order valence-corrected chi connectivity index (χ0v) is 10.6. The molecule has 0 aliphatic carbocycles. The Bertz CT molecular complexity index is 748. The molecule has 21 heavy (non-hydrogen) atoms. The number of hydrogen-bond acceptors (Lipinski definition) is 5. The van der Waals surface area contributed by atoms with Gasteiger partial charge in [-0.2, -0.15) is 5.26 Å². The Balaban J connectivity index is 2.29. The van der Waals surface area contributed by atoms with E-state index in [1.807, 2.05) is 6.07 Å². The molecular formula is C14H9N3O4. The first-order valence-electron chi connectivity index (χ1n) is 5.80. The lowest BCUT2D eigenvalue weighted by Crippen LogP contribution is -1.98. The van der Waals surface area contributed by atoms with Crippen LogP contribution in [0.25, 0.3) is 0 Å². The normalized spacial score (nSPS) is 9.67. The van der Waals surface area contributed by atoms with E-state index in [-0.39, 0.29) is 16.8 Å². The van der Waals surface area contributed by atoms with Gasteiger partial charge in [-0.25, -0.2) is 4.79 Å². The van der Waals surface area contributed by atoms with Crippen molar-refractivity contribution in [3.63, 3.8) is 0 Å². The van der Waals surface area contributed by atoms with Crippen LogP contribution in [-0.2, 0) is 0 Å². The van der Waals surface area contributed by atoms with E-state index in [1.54, 1.807) is 12.1 Å². The lowest BCUT2D eigenvalue weighted by Gasteiger charge is -2.08. The van der Waals surface area contributed by atoms with Gasteiger partial charge in [-0.3, -0.25) is 10.1 Å². The molecule has 0 amide bonds. The molecular weight excluding hydrogens is 274 g/mol. The summed E-state index contributed by atoms with van der Waals surface area (Å²) in [4.78, 5) is 20.8. The van der Waals surface area contributed by atoms with Crippen molar-refractivity contribution in [2.45, 2.75) is 0 Å². The van der Waals surface area contributed by atoms with Crippen molar-refractivity contribution >= 4 is 23.0 Å². The molecule has 2 rings (SSSR count). The average molecular weight is 283 g/mol. The van der Waals surface area contributed by atoms with Crippen molar-refractivity contribution in [1.82, 2.24) is 0 Å². The van der Waals surface area contributed by atoms with Gasteiger partial charge in [-0.1, -0.05) is 0 Å². The summed E-state index contributed by atoms with van der Waals surface area (Å²) in [6.07, 6.45) is 0.